The van der Waals surface area contributed by atoms with Gasteiger partial charge in [0, 0.05) is 59.3 Å². The minimum atomic E-state index is -0.977. The number of carbonyl (C=O) groups excluding carboxylic acids is 1. The molecule has 1 fully saturated rings. The maximum atomic E-state index is 14.3. The van der Waals surface area contributed by atoms with Gasteiger partial charge in [-0.15, -0.1) is 0 Å². The SMILES string of the molecule is NC1CCN(c2ccc(-c3cc(C(=O)NC(c4cc5ccccc5[nH]4)c4cc(F)ccc4O)cc([N+](=O)[O-])c3)cc2)CC1. The Morgan fingerprint density at radius 2 is 1.74 bits per heavy atom. The molecule has 1 saturated heterocycles. The Labute approximate surface area is 246 Å². The van der Waals surface area contributed by atoms with Crippen LogP contribution in [0, 0.1) is 15.9 Å². The van der Waals surface area contributed by atoms with Gasteiger partial charge in [-0.25, -0.2) is 4.39 Å². The van der Waals surface area contributed by atoms with E-state index >= 15 is 0 Å². The third-order valence-corrected chi connectivity index (χ3v) is 7.93. The van der Waals surface area contributed by atoms with Gasteiger partial charge >= 0.3 is 0 Å². The first-order chi connectivity index (χ1) is 20.7. The molecule has 1 aromatic heterocycles. The van der Waals surface area contributed by atoms with Crippen LogP contribution in [0.25, 0.3) is 22.0 Å². The van der Waals surface area contributed by atoms with Gasteiger partial charge in [-0.2, -0.15) is 0 Å². The quantitative estimate of drug-likeness (QED) is 0.137. The van der Waals surface area contributed by atoms with Crippen LogP contribution in [0.1, 0.15) is 40.5 Å². The van der Waals surface area contributed by atoms with Crippen LogP contribution in [-0.2, 0) is 0 Å². The van der Waals surface area contributed by atoms with Gasteiger partial charge in [-0.3, -0.25) is 14.9 Å². The average molecular weight is 580 g/mol. The largest absolute Gasteiger partial charge is 0.508 e. The van der Waals surface area contributed by atoms with E-state index in [1.165, 1.54) is 18.2 Å². The molecule has 0 saturated carbocycles. The number of benzene rings is 4. The average Bonchev–Trinajstić information content (AvgIpc) is 3.45. The molecule has 0 spiro atoms. The highest BCUT2D eigenvalue weighted by Crippen LogP contribution is 2.33. The Hall–Kier alpha value is -5.22. The number of phenolic OH excluding ortho intramolecular Hbond substituents is 1. The Morgan fingerprint density at radius 3 is 2.47 bits per heavy atom. The van der Waals surface area contributed by atoms with Crippen LogP contribution in [0.2, 0.25) is 0 Å². The van der Waals surface area contributed by atoms with E-state index in [0.717, 1.165) is 54.7 Å². The van der Waals surface area contributed by atoms with Gasteiger partial charge in [-0.05, 0) is 77.9 Å². The molecule has 9 nitrogen and oxygen atoms in total. The molecule has 4 aromatic carbocycles. The summed E-state index contributed by atoms with van der Waals surface area (Å²) in [6.45, 7) is 1.72. The van der Waals surface area contributed by atoms with E-state index in [2.05, 4.69) is 15.2 Å². The Morgan fingerprint density at radius 1 is 1.00 bits per heavy atom. The van der Waals surface area contributed by atoms with Gasteiger partial charge in [0.15, 0.2) is 0 Å². The van der Waals surface area contributed by atoms with Gasteiger partial charge < -0.3 is 26.0 Å². The van der Waals surface area contributed by atoms with Crippen LogP contribution in [0.5, 0.6) is 5.75 Å². The van der Waals surface area contributed by atoms with Gasteiger partial charge in [0.05, 0.1) is 11.0 Å². The van der Waals surface area contributed by atoms with Crippen molar-refractivity contribution in [3.05, 3.63) is 124 Å². The second-order valence-electron chi connectivity index (χ2n) is 10.8. The van der Waals surface area contributed by atoms with Crippen molar-refractivity contribution in [3.63, 3.8) is 0 Å². The summed E-state index contributed by atoms with van der Waals surface area (Å²) in [4.78, 5) is 30.5. The molecule has 1 aliphatic rings. The zero-order valence-electron chi connectivity index (χ0n) is 23.2. The van der Waals surface area contributed by atoms with Gasteiger partial charge in [0.25, 0.3) is 11.6 Å². The zero-order valence-corrected chi connectivity index (χ0v) is 23.2. The fourth-order valence-electron chi connectivity index (χ4n) is 5.58. The maximum absolute atomic E-state index is 14.3. The summed E-state index contributed by atoms with van der Waals surface area (Å²) in [6.07, 6.45) is 1.83. The van der Waals surface area contributed by atoms with E-state index in [1.54, 1.807) is 12.1 Å². The number of phenols is 1. The Bertz CT molecular complexity index is 1780. The number of carbonyl (C=O) groups is 1. The second-order valence-corrected chi connectivity index (χ2v) is 10.8. The van der Waals surface area contributed by atoms with Crippen LogP contribution in [0.4, 0.5) is 15.8 Å². The molecule has 5 aromatic rings. The minimum absolute atomic E-state index is 0.0512. The number of aromatic hydroxyl groups is 1. The second kappa shape index (κ2) is 11.6. The number of halogens is 1. The predicted octanol–water partition coefficient (Wildman–Crippen LogP) is 6.03. The normalized spacial score (nSPS) is 14.5. The number of amides is 1. The number of non-ortho nitro benzene ring substituents is 1. The number of anilines is 1. The van der Waals surface area contributed by atoms with Crippen LogP contribution in [0.15, 0.2) is 91.0 Å². The van der Waals surface area contributed by atoms with Crippen LogP contribution in [-0.4, -0.2) is 40.1 Å². The first kappa shape index (κ1) is 27.9. The maximum Gasteiger partial charge on any atom is 0.270 e. The van der Waals surface area contributed by atoms with Gasteiger partial charge in [-0.1, -0.05) is 30.3 Å². The first-order valence-electron chi connectivity index (χ1n) is 14.0. The lowest BCUT2D eigenvalue weighted by Crippen LogP contribution is -2.39. The number of nitro groups is 1. The number of aromatic nitrogens is 1. The van der Waals surface area contributed by atoms with E-state index < -0.39 is 22.7 Å². The molecular formula is C33H30FN5O4. The predicted molar refractivity (Wildman–Crippen MR) is 164 cm³/mol. The van der Waals surface area contributed by atoms with Gasteiger partial charge in [0.2, 0.25) is 0 Å². The number of rotatable bonds is 7. The number of fused-ring (bicyclic) bond motifs is 1. The number of hydrogen-bond acceptors (Lipinski definition) is 6. The molecule has 1 aliphatic heterocycles. The summed E-state index contributed by atoms with van der Waals surface area (Å²) in [6, 6.07) is 23.9. The van der Waals surface area contributed by atoms with Crippen LogP contribution in [0.3, 0.4) is 0 Å². The van der Waals surface area contributed by atoms with Crippen molar-refractivity contribution in [1.29, 1.82) is 0 Å². The smallest absolute Gasteiger partial charge is 0.270 e. The van der Waals surface area contributed by atoms with Crippen molar-refractivity contribution < 1.29 is 19.2 Å². The number of nitrogens with zero attached hydrogens (tertiary/aromatic N) is 2. The standard InChI is InChI=1S/C33H30FN5O4/c34-24-7-10-31(40)28(19-24)32(30-18-21-3-1-2-4-29(21)36-30)37-33(41)23-15-22(16-27(17-23)39(42)43)20-5-8-26(9-6-20)38-13-11-25(35)12-14-38/h1-10,15-19,25,32,36,40H,11-14,35H2,(H,37,41). The summed E-state index contributed by atoms with van der Waals surface area (Å²) in [5.41, 5.74) is 9.54. The number of hydrogen-bond donors (Lipinski definition) is 4. The molecule has 218 valence electrons. The molecule has 1 amide bonds. The summed E-state index contributed by atoms with van der Waals surface area (Å²) in [7, 11) is 0. The number of aromatic amines is 1. The Kier molecular flexibility index (Phi) is 7.52. The van der Waals surface area contributed by atoms with Crippen molar-refractivity contribution in [1.82, 2.24) is 10.3 Å². The number of para-hydroxylation sites is 1. The van der Waals surface area contributed by atoms with E-state index in [9.17, 15) is 24.4 Å². The van der Waals surface area contributed by atoms with E-state index in [-0.39, 0.29) is 28.6 Å². The third-order valence-electron chi connectivity index (χ3n) is 7.93. The molecule has 43 heavy (non-hydrogen) atoms. The van der Waals surface area contributed by atoms with Gasteiger partial charge in [0.1, 0.15) is 11.6 Å². The summed E-state index contributed by atoms with van der Waals surface area (Å²) >= 11 is 0. The molecule has 10 heteroatoms. The van der Waals surface area contributed by atoms with Crippen molar-refractivity contribution in [2.75, 3.05) is 18.0 Å². The fraction of sp³-hybridized carbons (Fsp3) is 0.182. The van der Waals surface area contributed by atoms with Crippen molar-refractivity contribution in [3.8, 4) is 16.9 Å². The van der Waals surface area contributed by atoms with E-state index in [4.69, 9.17) is 5.73 Å². The zero-order chi connectivity index (χ0) is 30.1. The van der Waals surface area contributed by atoms with Crippen LogP contribution < -0.4 is 16.0 Å². The fourth-order valence-corrected chi connectivity index (χ4v) is 5.58. The molecule has 5 N–H and O–H groups in total. The molecule has 6 rings (SSSR count). The van der Waals surface area contributed by atoms with E-state index in [1.807, 2.05) is 48.5 Å². The minimum Gasteiger partial charge on any atom is -0.508 e. The lowest BCUT2D eigenvalue weighted by atomic mass is 9.99. The highest BCUT2D eigenvalue weighted by atomic mass is 19.1. The third kappa shape index (κ3) is 5.91. The Balaban J connectivity index is 1.34. The molecule has 0 aliphatic carbocycles. The molecular weight excluding hydrogens is 549 g/mol. The highest BCUT2D eigenvalue weighted by molar-refractivity contribution is 5.97. The van der Waals surface area contributed by atoms with Crippen molar-refractivity contribution in [2.45, 2.75) is 24.9 Å². The summed E-state index contributed by atoms with van der Waals surface area (Å²) < 4.78 is 14.3. The molecule has 0 bridgehead atoms. The van der Waals surface area contributed by atoms with E-state index in [0.29, 0.717) is 16.8 Å². The first-order valence-corrected chi connectivity index (χ1v) is 14.0. The highest BCUT2D eigenvalue weighted by Gasteiger charge is 2.25. The molecule has 0 radical (unpaired) electrons. The molecule has 1 unspecified atom stereocenters. The number of nitrogens with two attached hydrogens (primary N) is 1. The van der Waals surface area contributed by atoms with Crippen molar-refractivity contribution >= 4 is 28.2 Å². The summed E-state index contributed by atoms with van der Waals surface area (Å²) in [5, 5.41) is 26.2. The number of H-pyrrole nitrogens is 1. The molecule has 1 atom stereocenters. The topological polar surface area (TPSA) is 138 Å². The summed E-state index contributed by atoms with van der Waals surface area (Å²) in [5.74, 6) is -1.42. The van der Waals surface area contributed by atoms with Crippen LogP contribution >= 0.6 is 0 Å². The lowest BCUT2D eigenvalue weighted by Gasteiger charge is -2.32. The number of nitrogens with one attached hydrogen (secondary N) is 2. The monoisotopic (exact) mass is 579 g/mol. The molecule has 2 heterocycles. The van der Waals surface area contributed by atoms with Crippen molar-refractivity contribution in [2.24, 2.45) is 5.73 Å². The number of nitro benzene ring substituents is 1. The lowest BCUT2D eigenvalue weighted by molar-refractivity contribution is -0.384. The number of piperidine rings is 1.